The summed E-state index contributed by atoms with van der Waals surface area (Å²) in [7, 11) is 0. The number of anilines is 1. The quantitative estimate of drug-likeness (QED) is 0.853. The minimum absolute atomic E-state index is 0.183. The Labute approximate surface area is 101 Å². The van der Waals surface area contributed by atoms with Crippen LogP contribution in [0.4, 0.5) is 5.82 Å². The largest absolute Gasteiger partial charge is 0.491 e. The number of benzene rings is 1. The number of nitrogen functional groups attached to an aromatic ring is 1. The van der Waals surface area contributed by atoms with E-state index >= 15 is 0 Å². The van der Waals surface area contributed by atoms with Crippen LogP contribution in [-0.2, 0) is 0 Å². The summed E-state index contributed by atoms with van der Waals surface area (Å²) in [4.78, 5) is 0. The molecule has 0 bridgehead atoms. The summed E-state index contributed by atoms with van der Waals surface area (Å²) in [6.45, 7) is 6.06. The van der Waals surface area contributed by atoms with Crippen LogP contribution < -0.4 is 10.5 Å². The molecule has 2 rings (SSSR count). The molecule has 4 heteroatoms. The van der Waals surface area contributed by atoms with Crippen LogP contribution in [0.15, 0.2) is 24.3 Å². The van der Waals surface area contributed by atoms with E-state index in [1.165, 1.54) is 0 Å². The van der Waals surface area contributed by atoms with Crippen molar-refractivity contribution in [1.29, 1.82) is 0 Å². The summed E-state index contributed by atoms with van der Waals surface area (Å²) in [6, 6.07) is 7.85. The molecule has 4 nitrogen and oxygen atoms in total. The number of nitrogens with two attached hydrogens (primary N) is 1. The van der Waals surface area contributed by atoms with E-state index in [1.54, 1.807) is 0 Å². The zero-order valence-electron chi connectivity index (χ0n) is 10.3. The van der Waals surface area contributed by atoms with Gasteiger partial charge in [-0.15, -0.1) is 0 Å². The van der Waals surface area contributed by atoms with E-state index in [0.29, 0.717) is 5.82 Å². The molecule has 0 amide bonds. The summed E-state index contributed by atoms with van der Waals surface area (Å²) in [5, 5.41) is 6.81. The number of hydrogen-bond acceptors (Lipinski definition) is 3. The Morgan fingerprint density at radius 2 is 2.06 bits per heavy atom. The van der Waals surface area contributed by atoms with E-state index in [2.05, 4.69) is 16.3 Å². The molecule has 1 aromatic carbocycles. The van der Waals surface area contributed by atoms with Crippen LogP contribution in [0.3, 0.4) is 0 Å². The van der Waals surface area contributed by atoms with Crippen LogP contribution in [0, 0.1) is 6.92 Å². The fraction of sp³-hybridized carbons (Fsp3) is 0.308. The maximum atomic E-state index is 5.69. The van der Waals surface area contributed by atoms with Crippen molar-refractivity contribution < 1.29 is 4.74 Å². The lowest BCUT2D eigenvalue weighted by Gasteiger charge is -2.12. The molecule has 0 radical (unpaired) electrons. The van der Waals surface area contributed by atoms with Gasteiger partial charge in [-0.2, -0.15) is 5.10 Å². The van der Waals surface area contributed by atoms with E-state index in [4.69, 9.17) is 10.5 Å². The Morgan fingerprint density at radius 1 is 1.29 bits per heavy atom. The maximum absolute atomic E-state index is 5.69. The van der Waals surface area contributed by atoms with Crippen molar-refractivity contribution in [1.82, 2.24) is 10.2 Å². The van der Waals surface area contributed by atoms with Gasteiger partial charge in [-0.3, -0.25) is 5.10 Å². The molecule has 90 valence electrons. The number of rotatable bonds is 3. The highest BCUT2D eigenvalue weighted by atomic mass is 16.5. The third-order valence-electron chi connectivity index (χ3n) is 2.45. The minimum Gasteiger partial charge on any atom is -0.491 e. The Balaban J connectivity index is 2.30. The third kappa shape index (κ3) is 2.58. The zero-order chi connectivity index (χ0) is 12.4. The van der Waals surface area contributed by atoms with Crippen molar-refractivity contribution in [3.63, 3.8) is 0 Å². The van der Waals surface area contributed by atoms with Gasteiger partial charge in [-0.05, 0) is 44.5 Å². The molecule has 0 unspecified atom stereocenters. The first-order valence-electron chi connectivity index (χ1n) is 5.65. The second kappa shape index (κ2) is 4.49. The van der Waals surface area contributed by atoms with Crippen LogP contribution in [0.5, 0.6) is 5.75 Å². The van der Waals surface area contributed by atoms with Crippen molar-refractivity contribution in [3.05, 3.63) is 29.8 Å². The molecule has 0 aliphatic heterocycles. The summed E-state index contributed by atoms with van der Waals surface area (Å²) in [5.74, 6) is 1.41. The Hall–Kier alpha value is -1.97. The third-order valence-corrected chi connectivity index (χ3v) is 2.45. The zero-order valence-corrected chi connectivity index (χ0v) is 10.3. The van der Waals surface area contributed by atoms with Crippen molar-refractivity contribution >= 4 is 5.82 Å². The smallest absolute Gasteiger partial charge is 0.145 e. The second-order valence-electron chi connectivity index (χ2n) is 4.35. The lowest BCUT2D eigenvalue weighted by atomic mass is 10.1. The number of H-pyrrole nitrogens is 1. The molecule has 3 N–H and O–H groups in total. The molecule has 0 atom stereocenters. The van der Waals surface area contributed by atoms with Gasteiger partial charge in [-0.25, -0.2) is 0 Å². The Morgan fingerprint density at radius 3 is 2.59 bits per heavy atom. The van der Waals surface area contributed by atoms with Crippen molar-refractivity contribution in [2.45, 2.75) is 26.9 Å². The Kier molecular flexibility index (Phi) is 3.04. The molecule has 0 aliphatic carbocycles. The number of aryl methyl sites for hydroxylation is 1. The predicted molar refractivity (Wildman–Crippen MR) is 68.9 cm³/mol. The van der Waals surface area contributed by atoms with Gasteiger partial charge in [-0.1, -0.05) is 0 Å². The molecule has 2 aromatic rings. The normalized spacial score (nSPS) is 10.8. The molecule has 0 fully saturated rings. The maximum Gasteiger partial charge on any atom is 0.145 e. The van der Waals surface area contributed by atoms with Crippen LogP contribution in [-0.4, -0.2) is 16.3 Å². The fourth-order valence-corrected chi connectivity index (χ4v) is 1.69. The first-order chi connectivity index (χ1) is 8.06. The molecule has 1 aromatic heterocycles. The van der Waals surface area contributed by atoms with E-state index < -0.39 is 0 Å². The number of hydrogen-bond donors (Lipinski definition) is 2. The van der Waals surface area contributed by atoms with E-state index in [-0.39, 0.29) is 6.10 Å². The molecule has 17 heavy (non-hydrogen) atoms. The highest BCUT2D eigenvalue weighted by molar-refractivity contribution is 5.64. The molecule has 0 spiro atoms. The first kappa shape index (κ1) is 11.5. The van der Waals surface area contributed by atoms with Gasteiger partial charge in [0, 0.05) is 11.6 Å². The molecular formula is C13H17N3O. The number of nitrogens with one attached hydrogen (secondary N) is 1. The SMILES string of the molecule is Cc1cc(-c2cc(N)n[nH]2)ccc1OC(C)C. The minimum atomic E-state index is 0.183. The number of aromatic nitrogens is 2. The standard InChI is InChI=1S/C13H17N3O/c1-8(2)17-12-5-4-10(6-9(12)3)11-7-13(14)16-15-11/h4-8H,1-3H3,(H3,14,15,16). The monoisotopic (exact) mass is 231 g/mol. The van der Waals surface area contributed by atoms with E-state index in [1.807, 2.05) is 39.0 Å². The summed E-state index contributed by atoms with van der Waals surface area (Å²) < 4.78 is 5.69. The lowest BCUT2D eigenvalue weighted by Crippen LogP contribution is -2.06. The Bertz CT molecular complexity index is 517. The average Bonchev–Trinajstić information content (AvgIpc) is 2.67. The molecular weight excluding hydrogens is 214 g/mol. The van der Waals surface area contributed by atoms with E-state index in [9.17, 15) is 0 Å². The van der Waals surface area contributed by atoms with Crippen LogP contribution in [0.2, 0.25) is 0 Å². The van der Waals surface area contributed by atoms with Gasteiger partial charge >= 0.3 is 0 Å². The summed E-state index contributed by atoms with van der Waals surface area (Å²) >= 11 is 0. The molecule has 0 saturated heterocycles. The van der Waals surface area contributed by atoms with Crippen molar-refractivity contribution in [2.75, 3.05) is 5.73 Å². The lowest BCUT2D eigenvalue weighted by molar-refractivity contribution is 0.241. The van der Waals surface area contributed by atoms with Gasteiger partial charge in [0.15, 0.2) is 0 Å². The van der Waals surface area contributed by atoms with Crippen LogP contribution in [0.1, 0.15) is 19.4 Å². The molecule has 1 heterocycles. The van der Waals surface area contributed by atoms with Crippen molar-refractivity contribution in [2.24, 2.45) is 0 Å². The topological polar surface area (TPSA) is 63.9 Å². The van der Waals surface area contributed by atoms with Gasteiger partial charge in [0.05, 0.1) is 11.8 Å². The van der Waals surface area contributed by atoms with Gasteiger partial charge < -0.3 is 10.5 Å². The summed E-state index contributed by atoms with van der Waals surface area (Å²) in [6.07, 6.45) is 0.183. The second-order valence-corrected chi connectivity index (χ2v) is 4.35. The summed E-state index contributed by atoms with van der Waals surface area (Å²) in [5.41, 5.74) is 8.66. The van der Waals surface area contributed by atoms with Crippen LogP contribution in [0.25, 0.3) is 11.3 Å². The number of nitrogens with zero attached hydrogens (tertiary/aromatic N) is 1. The van der Waals surface area contributed by atoms with Gasteiger partial charge in [0.1, 0.15) is 11.6 Å². The van der Waals surface area contributed by atoms with Gasteiger partial charge in [0.25, 0.3) is 0 Å². The predicted octanol–water partition coefficient (Wildman–Crippen LogP) is 2.75. The van der Waals surface area contributed by atoms with E-state index in [0.717, 1.165) is 22.6 Å². The number of aromatic amines is 1. The van der Waals surface area contributed by atoms with Gasteiger partial charge in [0.2, 0.25) is 0 Å². The average molecular weight is 231 g/mol. The molecule has 0 aliphatic rings. The first-order valence-corrected chi connectivity index (χ1v) is 5.65. The highest BCUT2D eigenvalue weighted by Gasteiger charge is 2.06. The number of ether oxygens (including phenoxy) is 1. The van der Waals surface area contributed by atoms with Crippen LogP contribution >= 0.6 is 0 Å². The fourth-order valence-electron chi connectivity index (χ4n) is 1.69. The molecule has 0 saturated carbocycles. The van der Waals surface area contributed by atoms with Crippen molar-refractivity contribution in [3.8, 4) is 17.0 Å². The highest BCUT2D eigenvalue weighted by Crippen LogP contribution is 2.26.